The molecule has 0 atom stereocenters. The normalized spacial score (nSPS) is 2.00. The Morgan fingerprint density at radius 1 is 1.00 bits per heavy atom. The van der Waals surface area contributed by atoms with Gasteiger partial charge in [-0.15, -0.1) is 0 Å². The van der Waals surface area contributed by atoms with Crippen LogP contribution in [-0.2, 0) is 17.1 Å². The molecule has 2 nitrogen and oxygen atoms in total. The molecule has 0 aromatic rings. The number of nitrogens with zero attached hydrogens (tertiary/aromatic N) is 2. The van der Waals surface area contributed by atoms with Crippen LogP contribution in [-0.4, -0.2) is 0 Å². The van der Waals surface area contributed by atoms with E-state index in [9.17, 15) is 0 Å². The van der Waals surface area contributed by atoms with Crippen LogP contribution in [0.5, 0.6) is 0 Å². The van der Waals surface area contributed by atoms with Crippen molar-refractivity contribution in [3.63, 3.8) is 0 Å². The molecule has 0 spiro atoms. The number of hydrogen-bond donors (Lipinski definition) is 0. The van der Waals surface area contributed by atoms with Gasteiger partial charge in [-0.25, -0.2) is 0 Å². The van der Waals surface area contributed by atoms with Crippen LogP contribution < -0.4 is 0 Å². The van der Waals surface area contributed by atoms with Crippen LogP contribution in [0.2, 0.25) is 0 Å². The monoisotopic (exact) mass is 108 g/mol. The second-order valence-corrected chi connectivity index (χ2v) is 0.224. The van der Waals surface area contributed by atoms with Crippen molar-refractivity contribution in [2.75, 3.05) is 0 Å². The molecule has 0 unspecified atom stereocenters. The van der Waals surface area contributed by atoms with Crippen LogP contribution in [0.1, 0.15) is 0 Å². The van der Waals surface area contributed by atoms with Gasteiger partial charge in [-0.1, -0.05) is 0 Å². The minimum atomic E-state index is 0. The Balaban J connectivity index is 0. The maximum Gasteiger partial charge on any atom is 2.00 e. The van der Waals surface area contributed by atoms with Crippen LogP contribution in [0.3, 0.4) is 0 Å². The maximum atomic E-state index is 7.26. The molecule has 0 radical (unpaired) electrons. The van der Waals surface area contributed by atoms with E-state index in [2.05, 4.69) is 0 Å². The molecular weight excluding hydrogens is 108 g/mol. The predicted molar refractivity (Wildman–Crippen MR) is 11.2 cm³/mol. The molecule has 0 aromatic carbocycles. The van der Waals surface area contributed by atoms with Gasteiger partial charge in [-0.2, -0.15) is 10.5 Å². The molecule has 0 aliphatic carbocycles. The molecule has 0 fully saturated rings. The van der Waals surface area contributed by atoms with E-state index < -0.39 is 0 Å². The summed E-state index contributed by atoms with van der Waals surface area (Å²) in [7, 11) is 0. The van der Waals surface area contributed by atoms with E-state index in [0.717, 1.165) is 0 Å². The molecule has 0 amide bonds. The fourth-order valence-electron chi connectivity index (χ4n) is 0. The van der Waals surface area contributed by atoms with Crippen molar-refractivity contribution in [3.8, 4) is 12.1 Å². The molecule has 0 saturated carbocycles. The fourth-order valence-corrected chi connectivity index (χ4v) is 0. The van der Waals surface area contributed by atoms with Gasteiger partial charge in [0.05, 0.1) is 0 Å². The van der Waals surface area contributed by atoms with Crippen molar-refractivity contribution in [2.24, 2.45) is 0 Å². The van der Waals surface area contributed by atoms with Crippen LogP contribution in [0.25, 0.3) is 0 Å². The van der Waals surface area contributed by atoms with Gasteiger partial charge in [0.1, 0.15) is 0 Å². The van der Waals surface area contributed by atoms with Gasteiger partial charge in [0.2, 0.25) is 0 Å². The first kappa shape index (κ1) is 8.82. The Kier molecular flexibility index (Phi) is 17.2. The molecule has 0 aromatic heterocycles. The van der Waals surface area contributed by atoms with Crippen LogP contribution in [0, 0.1) is 22.7 Å². The fraction of sp³-hybridized carbons (Fsp3) is 0. The zero-order chi connectivity index (χ0) is 3.41. The van der Waals surface area contributed by atoms with Crippen molar-refractivity contribution >= 4 is 0 Å². The van der Waals surface area contributed by atoms with E-state index in [4.69, 9.17) is 10.5 Å². The van der Waals surface area contributed by atoms with Crippen molar-refractivity contribution in [1.29, 1.82) is 10.5 Å². The molecule has 5 heavy (non-hydrogen) atoms. The quantitative estimate of drug-likeness (QED) is 0.411. The summed E-state index contributed by atoms with van der Waals surface area (Å²) in [5.74, 6) is 0. The van der Waals surface area contributed by atoms with Gasteiger partial charge in [0, 0.05) is 0 Å². The van der Waals surface area contributed by atoms with Crippen molar-refractivity contribution < 1.29 is 17.1 Å². The van der Waals surface area contributed by atoms with E-state index in [1.165, 1.54) is 12.1 Å². The Bertz CT molecular complexity index is 62.6. The van der Waals surface area contributed by atoms with Crippen molar-refractivity contribution in [3.05, 3.63) is 0 Å². The molecule has 0 aliphatic heterocycles. The van der Waals surface area contributed by atoms with Gasteiger partial charge >= 0.3 is 17.1 Å². The van der Waals surface area contributed by atoms with Gasteiger partial charge in [0.25, 0.3) is 0 Å². The minimum absolute atomic E-state index is 0. The Labute approximate surface area is 40.5 Å². The summed E-state index contributed by atoms with van der Waals surface area (Å²) in [5, 5.41) is 14.5. The summed E-state index contributed by atoms with van der Waals surface area (Å²) in [4.78, 5) is 0. The molecule has 0 heterocycles. The first-order valence-electron chi connectivity index (χ1n) is 0.697. The zero-order valence-electron chi connectivity index (χ0n) is 2.25. The summed E-state index contributed by atoms with van der Waals surface area (Å²) in [6, 6.07) is 2.47. The van der Waals surface area contributed by atoms with E-state index in [1.54, 1.807) is 0 Å². The average molecular weight is 108 g/mol. The van der Waals surface area contributed by atoms with Gasteiger partial charge in [0.15, 0.2) is 12.1 Å². The number of nitriles is 2. The number of rotatable bonds is 0. The van der Waals surface area contributed by atoms with Crippen LogP contribution in [0.15, 0.2) is 0 Å². The third kappa shape index (κ3) is 31.5. The first-order valence-corrected chi connectivity index (χ1v) is 0.697. The van der Waals surface area contributed by atoms with Crippen LogP contribution in [0.4, 0.5) is 0 Å². The van der Waals surface area contributed by atoms with Gasteiger partial charge < -0.3 is 0 Å². The molecular formula is C2FeN2+2. The SMILES string of the molecule is N#CC#N.[Fe+2]. The molecule has 0 N–H and O–H groups in total. The third-order valence-corrected chi connectivity index (χ3v) is 0.0500. The Hall–Kier alpha value is -0.501. The summed E-state index contributed by atoms with van der Waals surface area (Å²) in [5.41, 5.74) is 0. The van der Waals surface area contributed by atoms with Crippen molar-refractivity contribution in [2.45, 2.75) is 0 Å². The summed E-state index contributed by atoms with van der Waals surface area (Å²) >= 11 is 0. The maximum absolute atomic E-state index is 7.26. The minimum Gasteiger partial charge on any atom is -0.181 e. The summed E-state index contributed by atoms with van der Waals surface area (Å²) in [6.07, 6.45) is 0. The second kappa shape index (κ2) is 9.72. The topological polar surface area (TPSA) is 47.6 Å². The average Bonchev–Trinajstić information content (AvgIpc) is 1.37. The standard InChI is InChI=1S/C2N2.Fe/c3-1-2-4;/q;+2. The molecule has 0 rings (SSSR count). The van der Waals surface area contributed by atoms with Gasteiger partial charge in [-0.05, 0) is 0 Å². The summed E-state index contributed by atoms with van der Waals surface area (Å²) in [6.45, 7) is 0. The Morgan fingerprint density at radius 3 is 1.20 bits per heavy atom. The molecule has 0 bridgehead atoms. The first-order chi connectivity index (χ1) is 1.91. The largest absolute Gasteiger partial charge is 2.00 e. The number of hydrogen-bond acceptors (Lipinski definition) is 2. The predicted octanol–water partition coefficient (Wildman–Crippen LogP) is 0.0311. The smallest absolute Gasteiger partial charge is 0.181 e. The Morgan fingerprint density at radius 2 is 1.20 bits per heavy atom. The van der Waals surface area contributed by atoms with E-state index >= 15 is 0 Å². The van der Waals surface area contributed by atoms with E-state index in [-0.39, 0.29) is 17.1 Å². The van der Waals surface area contributed by atoms with E-state index in [1.807, 2.05) is 0 Å². The van der Waals surface area contributed by atoms with E-state index in [0.29, 0.717) is 0 Å². The van der Waals surface area contributed by atoms with Gasteiger partial charge in [-0.3, -0.25) is 0 Å². The molecule has 0 saturated heterocycles. The molecule has 24 valence electrons. The van der Waals surface area contributed by atoms with Crippen molar-refractivity contribution in [1.82, 2.24) is 0 Å². The summed E-state index contributed by atoms with van der Waals surface area (Å²) < 4.78 is 0. The van der Waals surface area contributed by atoms with Crippen LogP contribution >= 0.6 is 0 Å². The molecule has 3 heteroatoms. The zero-order valence-corrected chi connectivity index (χ0v) is 3.35. The second-order valence-electron chi connectivity index (χ2n) is 0.224. The molecule has 0 aliphatic rings. The third-order valence-electron chi connectivity index (χ3n) is 0.0500.